The molecule has 0 atom stereocenters. The second kappa shape index (κ2) is 5.58. The number of aldehydes is 1. The van der Waals surface area contributed by atoms with Crippen molar-refractivity contribution in [2.75, 3.05) is 13.2 Å². The van der Waals surface area contributed by atoms with E-state index in [0.29, 0.717) is 25.2 Å². The molecule has 1 saturated heterocycles. The summed E-state index contributed by atoms with van der Waals surface area (Å²) in [5, 5.41) is 2.94. The van der Waals surface area contributed by atoms with Crippen molar-refractivity contribution in [3.63, 3.8) is 0 Å². The Morgan fingerprint density at radius 1 is 1.59 bits per heavy atom. The number of hydrogen-bond donors (Lipinski definition) is 1. The van der Waals surface area contributed by atoms with Crippen LogP contribution >= 0.6 is 0 Å². The Morgan fingerprint density at radius 3 is 3.00 bits per heavy atom. The number of carbonyl (C=O) groups excluding carboxylic acids is 2. The first-order valence-corrected chi connectivity index (χ1v) is 5.62. The molecule has 1 N–H and O–H groups in total. The summed E-state index contributed by atoms with van der Waals surface area (Å²) in [6, 6.07) is 0.199. The van der Waals surface area contributed by atoms with Gasteiger partial charge in [-0.15, -0.1) is 0 Å². The van der Waals surface area contributed by atoms with E-state index in [4.69, 9.17) is 4.74 Å². The van der Waals surface area contributed by atoms with Gasteiger partial charge in [0.05, 0.1) is 6.33 Å². The molecule has 17 heavy (non-hydrogen) atoms. The second-order valence-corrected chi connectivity index (χ2v) is 4.04. The van der Waals surface area contributed by atoms with Crippen molar-refractivity contribution in [1.29, 1.82) is 0 Å². The van der Waals surface area contributed by atoms with Crippen molar-refractivity contribution < 1.29 is 14.3 Å². The smallest absolute Gasteiger partial charge is 0.240 e. The molecule has 6 heteroatoms. The Hall–Kier alpha value is -1.69. The van der Waals surface area contributed by atoms with Crippen molar-refractivity contribution in [3.05, 3.63) is 18.2 Å². The molecule has 0 unspecified atom stereocenters. The molecule has 0 aromatic carbocycles. The lowest BCUT2D eigenvalue weighted by Gasteiger charge is -2.23. The number of ether oxygens (including phenoxy) is 1. The third-order valence-electron chi connectivity index (χ3n) is 2.69. The number of carbonyl (C=O) groups is 2. The highest BCUT2D eigenvalue weighted by Crippen LogP contribution is 2.06. The average molecular weight is 237 g/mol. The number of nitrogens with zero attached hydrogens (tertiary/aromatic N) is 2. The fourth-order valence-corrected chi connectivity index (χ4v) is 1.81. The van der Waals surface area contributed by atoms with E-state index in [2.05, 4.69) is 10.3 Å². The van der Waals surface area contributed by atoms with Gasteiger partial charge in [-0.05, 0) is 12.8 Å². The summed E-state index contributed by atoms with van der Waals surface area (Å²) in [5.41, 5.74) is 0.337. The predicted octanol–water partition coefficient (Wildman–Crippen LogP) is -0.00920. The van der Waals surface area contributed by atoms with Crippen molar-refractivity contribution in [2.24, 2.45) is 0 Å². The minimum absolute atomic E-state index is 0.0632. The molecule has 92 valence electrons. The van der Waals surface area contributed by atoms with Gasteiger partial charge in [0.25, 0.3) is 0 Å². The molecule has 0 bridgehead atoms. The summed E-state index contributed by atoms with van der Waals surface area (Å²) in [6.07, 6.45) is 5.40. The molecule has 1 aliphatic rings. The zero-order valence-corrected chi connectivity index (χ0v) is 9.46. The summed E-state index contributed by atoms with van der Waals surface area (Å²) in [6.45, 7) is 1.59. The summed E-state index contributed by atoms with van der Waals surface area (Å²) in [4.78, 5) is 26.0. The summed E-state index contributed by atoms with van der Waals surface area (Å²) < 4.78 is 6.81. The van der Waals surface area contributed by atoms with Crippen LogP contribution in [-0.4, -0.2) is 41.0 Å². The summed E-state index contributed by atoms with van der Waals surface area (Å²) >= 11 is 0. The number of amides is 1. The maximum absolute atomic E-state index is 11.7. The molecule has 1 fully saturated rings. The van der Waals surface area contributed by atoms with Crippen molar-refractivity contribution in [3.8, 4) is 0 Å². The Kier molecular flexibility index (Phi) is 3.87. The van der Waals surface area contributed by atoms with Crippen LogP contribution in [0.5, 0.6) is 0 Å². The highest BCUT2D eigenvalue weighted by Gasteiger charge is 2.16. The molecular weight excluding hydrogens is 222 g/mol. The zero-order chi connectivity index (χ0) is 12.1. The first-order valence-electron chi connectivity index (χ1n) is 5.62. The Balaban J connectivity index is 1.81. The van der Waals surface area contributed by atoms with E-state index < -0.39 is 0 Å². The fourth-order valence-electron chi connectivity index (χ4n) is 1.81. The quantitative estimate of drug-likeness (QED) is 0.747. The minimum atomic E-state index is -0.0632. The van der Waals surface area contributed by atoms with Crippen LogP contribution < -0.4 is 5.32 Å². The minimum Gasteiger partial charge on any atom is -0.381 e. The third kappa shape index (κ3) is 3.39. The van der Waals surface area contributed by atoms with Gasteiger partial charge >= 0.3 is 0 Å². The SMILES string of the molecule is O=Cc1cn(CC(=O)NC2CCOCC2)cn1. The van der Waals surface area contributed by atoms with Crippen LogP contribution in [0.2, 0.25) is 0 Å². The van der Waals surface area contributed by atoms with Crippen LogP contribution in [0, 0.1) is 0 Å². The fraction of sp³-hybridized carbons (Fsp3) is 0.545. The predicted molar refractivity (Wildman–Crippen MR) is 59.6 cm³/mol. The van der Waals surface area contributed by atoms with Gasteiger partial charge in [-0.25, -0.2) is 4.98 Å². The van der Waals surface area contributed by atoms with Crippen LogP contribution in [-0.2, 0) is 16.1 Å². The van der Waals surface area contributed by atoms with E-state index >= 15 is 0 Å². The van der Waals surface area contributed by atoms with Gasteiger partial charge in [0.15, 0.2) is 6.29 Å². The van der Waals surface area contributed by atoms with E-state index in [1.165, 1.54) is 6.33 Å². The van der Waals surface area contributed by atoms with Crippen LogP contribution in [0.25, 0.3) is 0 Å². The number of aromatic nitrogens is 2. The Bertz CT molecular complexity index is 396. The number of hydrogen-bond acceptors (Lipinski definition) is 4. The molecule has 2 heterocycles. The van der Waals surface area contributed by atoms with Gasteiger partial charge in [0.2, 0.25) is 5.91 Å². The van der Waals surface area contributed by atoms with Gasteiger partial charge in [-0.2, -0.15) is 0 Å². The number of imidazole rings is 1. The largest absolute Gasteiger partial charge is 0.381 e. The normalized spacial score (nSPS) is 16.7. The molecule has 0 aliphatic carbocycles. The van der Waals surface area contributed by atoms with E-state index in [1.54, 1.807) is 10.8 Å². The average Bonchev–Trinajstić information content (AvgIpc) is 2.78. The van der Waals surface area contributed by atoms with Gasteiger partial charge in [0.1, 0.15) is 12.2 Å². The van der Waals surface area contributed by atoms with E-state index in [-0.39, 0.29) is 18.5 Å². The van der Waals surface area contributed by atoms with Crippen LogP contribution in [0.1, 0.15) is 23.3 Å². The summed E-state index contributed by atoms with van der Waals surface area (Å²) in [5.74, 6) is -0.0632. The van der Waals surface area contributed by atoms with Crippen LogP contribution in [0.3, 0.4) is 0 Å². The number of rotatable bonds is 4. The molecule has 1 amide bonds. The lowest BCUT2D eigenvalue weighted by Crippen LogP contribution is -2.40. The zero-order valence-electron chi connectivity index (χ0n) is 9.46. The monoisotopic (exact) mass is 237 g/mol. The lowest BCUT2D eigenvalue weighted by atomic mass is 10.1. The lowest BCUT2D eigenvalue weighted by molar-refractivity contribution is -0.122. The van der Waals surface area contributed by atoms with Crippen molar-refractivity contribution >= 4 is 12.2 Å². The molecule has 1 aromatic rings. The van der Waals surface area contributed by atoms with Gasteiger partial charge in [-0.1, -0.05) is 0 Å². The Labute approximate surface area is 99.0 Å². The van der Waals surface area contributed by atoms with Gasteiger partial charge in [0, 0.05) is 25.5 Å². The molecule has 6 nitrogen and oxygen atoms in total. The topological polar surface area (TPSA) is 73.2 Å². The summed E-state index contributed by atoms with van der Waals surface area (Å²) in [7, 11) is 0. The Morgan fingerprint density at radius 2 is 2.35 bits per heavy atom. The van der Waals surface area contributed by atoms with E-state index in [0.717, 1.165) is 12.8 Å². The first kappa shape index (κ1) is 11.8. The van der Waals surface area contributed by atoms with Gasteiger partial charge < -0.3 is 14.6 Å². The first-order chi connectivity index (χ1) is 8.28. The maximum Gasteiger partial charge on any atom is 0.240 e. The molecule has 1 aliphatic heterocycles. The van der Waals surface area contributed by atoms with Gasteiger partial charge in [-0.3, -0.25) is 9.59 Å². The highest BCUT2D eigenvalue weighted by molar-refractivity contribution is 5.76. The molecule has 0 radical (unpaired) electrons. The van der Waals surface area contributed by atoms with Crippen molar-refractivity contribution in [2.45, 2.75) is 25.4 Å². The standard InChI is InChI=1S/C11H15N3O3/c15-7-10-5-14(8-12-10)6-11(16)13-9-1-3-17-4-2-9/h5,7-9H,1-4,6H2,(H,13,16). The number of nitrogens with one attached hydrogen (secondary N) is 1. The van der Waals surface area contributed by atoms with Crippen LogP contribution in [0.15, 0.2) is 12.5 Å². The molecule has 0 spiro atoms. The molecule has 0 saturated carbocycles. The third-order valence-corrected chi connectivity index (χ3v) is 2.69. The van der Waals surface area contributed by atoms with Crippen LogP contribution in [0.4, 0.5) is 0 Å². The maximum atomic E-state index is 11.7. The highest BCUT2D eigenvalue weighted by atomic mass is 16.5. The second-order valence-electron chi connectivity index (χ2n) is 4.04. The molecular formula is C11H15N3O3. The van der Waals surface area contributed by atoms with Crippen molar-refractivity contribution in [1.82, 2.24) is 14.9 Å². The van der Waals surface area contributed by atoms with E-state index in [1.807, 2.05) is 0 Å². The van der Waals surface area contributed by atoms with E-state index in [9.17, 15) is 9.59 Å². The molecule has 1 aromatic heterocycles. The molecule has 2 rings (SSSR count).